The molecule has 0 spiro atoms. The van der Waals surface area contributed by atoms with E-state index in [0.29, 0.717) is 10.2 Å². The van der Waals surface area contributed by atoms with Gasteiger partial charge in [0.15, 0.2) is 0 Å². The summed E-state index contributed by atoms with van der Waals surface area (Å²) in [7, 11) is -3.55. The standard InChI is InChI=1S/C17H18BrNO2S/c1-13-6-10-16(11-7-13)22(20,21)19-15(12-18)9-8-14-4-2-3-5-17(14)19/h2-7,10-11,15H,8-9,12H2,1H3. The second-order valence-corrected chi connectivity index (χ2v) is 8.05. The quantitative estimate of drug-likeness (QED) is 0.758. The number of alkyl halides is 1. The second kappa shape index (κ2) is 6.05. The fraction of sp³-hybridized carbons (Fsp3) is 0.294. The molecular weight excluding hydrogens is 362 g/mol. The lowest BCUT2D eigenvalue weighted by molar-refractivity contribution is 0.566. The zero-order chi connectivity index (χ0) is 15.7. The predicted molar refractivity (Wildman–Crippen MR) is 93.2 cm³/mol. The van der Waals surface area contributed by atoms with Gasteiger partial charge in [-0.3, -0.25) is 4.31 Å². The first kappa shape index (κ1) is 15.6. The van der Waals surface area contributed by atoms with Crippen molar-refractivity contribution in [3.63, 3.8) is 0 Å². The maximum absolute atomic E-state index is 13.1. The Kier molecular flexibility index (Phi) is 4.28. The molecule has 3 nitrogen and oxygen atoms in total. The minimum atomic E-state index is -3.55. The number of nitrogens with zero attached hydrogens (tertiary/aromatic N) is 1. The SMILES string of the molecule is Cc1ccc(S(=O)(=O)N2c3ccccc3CCC2CBr)cc1. The Hall–Kier alpha value is -1.33. The normalized spacial score (nSPS) is 18.1. The van der Waals surface area contributed by atoms with E-state index in [4.69, 9.17) is 0 Å². The van der Waals surface area contributed by atoms with Crippen molar-refractivity contribution < 1.29 is 8.42 Å². The first-order valence-corrected chi connectivity index (χ1v) is 9.85. The summed E-state index contributed by atoms with van der Waals surface area (Å²) in [6.45, 7) is 1.95. The fourth-order valence-electron chi connectivity index (χ4n) is 2.86. The highest BCUT2D eigenvalue weighted by Crippen LogP contribution is 2.35. The summed E-state index contributed by atoms with van der Waals surface area (Å²) >= 11 is 3.47. The number of rotatable bonds is 3. The van der Waals surface area contributed by atoms with Crippen LogP contribution < -0.4 is 4.31 Å². The molecule has 2 aromatic carbocycles. The van der Waals surface area contributed by atoms with Crippen LogP contribution in [0.1, 0.15) is 17.5 Å². The minimum Gasteiger partial charge on any atom is -0.262 e. The number of sulfonamides is 1. The number of fused-ring (bicyclic) bond motifs is 1. The van der Waals surface area contributed by atoms with E-state index in [9.17, 15) is 8.42 Å². The van der Waals surface area contributed by atoms with Crippen molar-refractivity contribution in [1.29, 1.82) is 0 Å². The van der Waals surface area contributed by atoms with Gasteiger partial charge >= 0.3 is 0 Å². The van der Waals surface area contributed by atoms with Crippen molar-refractivity contribution in [3.8, 4) is 0 Å². The number of para-hydroxylation sites is 1. The molecular formula is C17H18BrNO2S. The van der Waals surface area contributed by atoms with Gasteiger partial charge in [0.2, 0.25) is 0 Å². The molecule has 0 aliphatic carbocycles. The van der Waals surface area contributed by atoms with Crippen LogP contribution in [0.4, 0.5) is 5.69 Å². The third-order valence-corrected chi connectivity index (χ3v) is 6.69. The van der Waals surface area contributed by atoms with E-state index in [1.807, 2.05) is 43.3 Å². The zero-order valence-corrected chi connectivity index (χ0v) is 14.8. The molecule has 5 heteroatoms. The summed E-state index contributed by atoms with van der Waals surface area (Å²) in [4.78, 5) is 0.348. The van der Waals surface area contributed by atoms with Crippen molar-refractivity contribution in [2.24, 2.45) is 0 Å². The molecule has 1 heterocycles. The van der Waals surface area contributed by atoms with Gasteiger partial charge < -0.3 is 0 Å². The molecule has 2 aromatic rings. The molecule has 0 bridgehead atoms. The monoisotopic (exact) mass is 379 g/mol. The summed E-state index contributed by atoms with van der Waals surface area (Å²) in [5.41, 5.74) is 2.95. The average molecular weight is 380 g/mol. The van der Waals surface area contributed by atoms with Crippen LogP contribution in [0.15, 0.2) is 53.4 Å². The Morgan fingerprint density at radius 3 is 2.50 bits per heavy atom. The first-order valence-electron chi connectivity index (χ1n) is 7.29. The molecule has 0 radical (unpaired) electrons. The van der Waals surface area contributed by atoms with E-state index >= 15 is 0 Å². The molecule has 0 saturated carbocycles. The Morgan fingerprint density at radius 1 is 1.14 bits per heavy atom. The topological polar surface area (TPSA) is 37.4 Å². The number of hydrogen-bond donors (Lipinski definition) is 0. The highest BCUT2D eigenvalue weighted by Gasteiger charge is 2.35. The van der Waals surface area contributed by atoms with Gasteiger partial charge in [-0.15, -0.1) is 0 Å². The lowest BCUT2D eigenvalue weighted by Gasteiger charge is -2.37. The maximum atomic E-state index is 13.1. The molecule has 0 fully saturated rings. The van der Waals surface area contributed by atoms with Crippen molar-refractivity contribution in [2.75, 3.05) is 9.64 Å². The molecule has 1 aliphatic rings. The third kappa shape index (κ3) is 2.68. The van der Waals surface area contributed by atoms with E-state index < -0.39 is 10.0 Å². The van der Waals surface area contributed by atoms with Gasteiger partial charge in [-0.25, -0.2) is 8.42 Å². The largest absolute Gasteiger partial charge is 0.264 e. The molecule has 0 saturated heterocycles. The maximum Gasteiger partial charge on any atom is 0.264 e. The number of anilines is 1. The van der Waals surface area contributed by atoms with Gasteiger partial charge in [0, 0.05) is 5.33 Å². The molecule has 0 amide bonds. The Balaban J connectivity index is 2.13. The highest BCUT2D eigenvalue weighted by atomic mass is 79.9. The van der Waals surface area contributed by atoms with Crippen LogP contribution >= 0.6 is 15.9 Å². The minimum absolute atomic E-state index is 0.0544. The van der Waals surface area contributed by atoms with Crippen LogP contribution in [0.2, 0.25) is 0 Å². The molecule has 1 unspecified atom stereocenters. The fourth-order valence-corrected chi connectivity index (χ4v) is 5.38. The van der Waals surface area contributed by atoms with Gasteiger partial charge in [-0.05, 0) is 43.5 Å². The summed E-state index contributed by atoms with van der Waals surface area (Å²) in [6, 6.07) is 14.8. The van der Waals surface area contributed by atoms with Crippen molar-refractivity contribution in [2.45, 2.75) is 30.7 Å². The first-order chi connectivity index (χ1) is 10.5. The second-order valence-electron chi connectivity index (χ2n) is 5.59. The van der Waals surface area contributed by atoms with Crippen LogP contribution in [0.5, 0.6) is 0 Å². The Bertz CT molecular complexity index is 772. The molecule has 1 aliphatic heterocycles. The van der Waals surface area contributed by atoms with E-state index in [2.05, 4.69) is 15.9 Å². The van der Waals surface area contributed by atoms with Crippen molar-refractivity contribution >= 4 is 31.6 Å². The summed E-state index contributed by atoms with van der Waals surface area (Å²) in [5, 5.41) is 0.631. The predicted octanol–water partition coefficient (Wildman–Crippen LogP) is 3.90. The van der Waals surface area contributed by atoms with Gasteiger partial charge in [0.05, 0.1) is 16.6 Å². The summed E-state index contributed by atoms with van der Waals surface area (Å²) < 4.78 is 27.9. The van der Waals surface area contributed by atoms with Gasteiger partial charge in [-0.2, -0.15) is 0 Å². The Morgan fingerprint density at radius 2 is 1.82 bits per heavy atom. The van der Waals surface area contributed by atoms with Crippen LogP contribution in [-0.4, -0.2) is 19.8 Å². The third-order valence-electron chi connectivity index (χ3n) is 4.06. The lowest BCUT2D eigenvalue weighted by Crippen LogP contribution is -2.44. The number of aryl methyl sites for hydroxylation is 2. The smallest absolute Gasteiger partial charge is 0.262 e. The van der Waals surface area contributed by atoms with Crippen LogP contribution in [-0.2, 0) is 16.4 Å². The van der Waals surface area contributed by atoms with E-state index in [1.165, 1.54) is 0 Å². The van der Waals surface area contributed by atoms with Crippen LogP contribution in [0.3, 0.4) is 0 Å². The zero-order valence-electron chi connectivity index (χ0n) is 12.4. The van der Waals surface area contributed by atoms with E-state index in [-0.39, 0.29) is 6.04 Å². The van der Waals surface area contributed by atoms with Gasteiger partial charge in [-0.1, -0.05) is 51.8 Å². The number of halogens is 1. The summed E-state index contributed by atoms with van der Waals surface area (Å²) in [5.74, 6) is 0. The van der Waals surface area contributed by atoms with Gasteiger partial charge in [0.25, 0.3) is 10.0 Å². The molecule has 0 aromatic heterocycles. The van der Waals surface area contributed by atoms with Crippen LogP contribution in [0, 0.1) is 6.92 Å². The van der Waals surface area contributed by atoms with Crippen molar-refractivity contribution in [3.05, 3.63) is 59.7 Å². The summed E-state index contributed by atoms with van der Waals surface area (Å²) in [6.07, 6.45) is 1.74. The number of hydrogen-bond acceptors (Lipinski definition) is 2. The molecule has 1 atom stereocenters. The highest BCUT2D eigenvalue weighted by molar-refractivity contribution is 9.09. The molecule has 22 heavy (non-hydrogen) atoms. The Labute approximate surface area is 140 Å². The molecule has 116 valence electrons. The van der Waals surface area contributed by atoms with Gasteiger partial charge in [0.1, 0.15) is 0 Å². The molecule has 0 N–H and O–H groups in total. The van der Waals surface area contributed by atoms with Crippen molar-refractivity contribution in [1.82, 2.24) is 0 Å². The van der Waals surface area contributed by atoms with E-state index in [1.54, 1.807) is 16.4 Å². The average Bonchev–Trinajstić information content (AvgIpc) is 2.54. The van der Waals surface area contributed by atoms with Crippen LogP contribution in [0.25, 0.3) is 0 Å². The number of benzene rings is 2. The molecule has 3 rings (SSSR count). The lowest BCUT2D eigenvalue weighted by atomic mass is 9.99. The van der Waals surface area contributed by atoms with E-state index in [0.717, 1.165) is 29.7 Å².